The van der Waals surface area contributed by atoms with E-state index in [0.29, 0.717) is 5.75 Å². The molecule has 2 aromatic carbocycles. The molecule has 1 aliphatic heterocycles. The maximum Gasteiger partial charge on any atom is 0.411 e. The number of nitrogens with one attached hydrogen (secondary N) is 1. The van der Waals surface area contributed by atoms with Crippen molar-refractivity contribution < 1.29 is 29.0 Å². The summed E-state index contributed by atoms with van der Waals surface area (Å²) < 4.78 is 10.6. The lowest BCUT2D eigenvalue weighted by atomic mass is 9.93. The van der Waals surface area contributed by atoms with Crippen molar-refractivity contribution >= 4 is 18.0 Å². The van der Waals surface area contributed by atoms with E-state index in [0.717, 1.165) is 16.7 Å². The minimum Gasteiger partial charge on any atom is -0.497 e. The van der Waals surface area contributed by atoms with Crippen molar-refractivity contribution in [3.63, 3.8) is 0 Å². The van der Waals surface area contributed by atoms with Gasteiger partial charge in [0.15, 0.2) is 0 Å². The first-order chi connectivity index (χ1) is 15.6. The molecule has 3 rings (SSSR count). The summed E-state index contributed by atoms with van der Waals surface area (Å²) in [6.07, 6.45) is -0.240. The molecule has 2 atom stereocenters. The smallest absolute Gasteiger partial charge is 0.411 e. The molecule has 0 bridgehead atoms. The number of ether oxygens (including phenoxy) is 2. The summed E-state index contributed by atoms with van der Waals surface area (Å²) in [7, 11) is 1.55. The molecule has 0 aromatic heterocycles. The fourth-order valence-electron chi connectivity index (χ4n) is 3.73. The van der Waals surface area contributed by atoms with Crippen LogP contribution in [0.5, 0.6) is 5.75 Å². The van der Waals surface area contributed by atoms with E-state index in [1.165, 1.54) is 4.90 Å². The van der Waals surface area contributed by atoms with Gasteiger partial charge >= 0.3 is 12.1 Å². The van der Waals surface area contributed by atoms with Crippen molar-refractivity contribution in [3.8, 4) is 5.75 Å². The third kappa shape index (κ3) is 6.25. The van der Waals surface area contributed by atoms with E-state index in [9.17, 15) is 19.5 Å². The molecule has 8 nitrogen and oxygen atoms in total. The standard InChI is InChI=1S/C25H30N2O6/c1-25(2,3)33-24(31)27-15-18-8-6-5-7-17(18)14-21(27)22(28)26-20(23(29)30)13-16-9-11-19(32-4)12-10-16/h5-12,20-21H,13-15H2,1-4H3,(H,26,28)(H,29,30). The molecule has 2 aromatic rings. The van der Waals surface area contributed by atoms with Crippen molar-refractivity contribution in [2.75, 3.05) is 7.11 Å². The summed E-state index contributed by atoms with van der Waals surface area (Å²) in [6, 6.07) is 12.5. The largest absolute Gasteiger partial charge is 0.497 e. The number of methoxy groups -OCH3 is 1. The zero-order valence-corrected chi connectivity index (χ0v) is 19.3. The molecule has 2 N–H and O–H groups in total. The van der Waals surface area contributed by atoms with Crippen LogP contribution in [0.15, 0.2) is 48.5 Å². The quantitative estimate of drug-likeness (QED) is 0.695. The van der Waals surface area contributed by atoms with Gasteiger partial charge in [0, 0.05) is 12.8 Å². The fourth-order valence-corrected chi connectivity index (χ4v) is 3.73. The predicted octanol–water partition coefficient (Wildman–Crippen LogP) is 3.17. The number of amides is 2. The SMILES string of the molecule is COc1ccc(CC(NC(=O)C2Cc3ccccc3CN2C(=O)OC(C)(C)C)C(=O)O)cc1. The van der Waals surface area contributed by atoms with E-state index in [1.807, 2.05) is 24.3 Å². The van der Waals surface area contributed by atoms with Crippen LogP contribution >= 0.6 is 0 Å². The molecule has 176 valence electrons. The molecule has 2 unspecified atom stereocenters. The van der Waals surface area contributed by atoms with E-state index >= 15 is 0 Å². The zero-order valence-electron chi connectivity index (χ0n) is 19.3. The number of fused-ring (bicyclic) bond motifs is 1. The summed E-state index contributed by atoms with van der Waals surface area (Å²) >= 11 is 0. The normalized spacial score (nSPS) is 16.4. The first-order valence-electron chi connectivity index (χ1n) is 10.8. The average molecular weight is 455 g/mol. The third-order valence-electron chi connectivity index (χ3n) is 5.39. The number of carbonyl (C=O) groups excluding carboxylic acids is 2. The predicted molar refractivity (Wildman–Crippen MR) is 122 cm³/mol. The van der Waals surface area contributed by atoms with E-state index in [1.54, 1.807) is 52.1 Å². The molecule has 33 heavy (non-hydrogen) atoms. The van der Waals surface area contributed by atoms with Gasteiger partial charge in [0.05, 0.1) is 13.7 Å². The van der Waals surface area contributed by atoms with Gasteiger partial charge in [0.25, 0.3) is 0 Å². The Labute approximate surface area is 193 Å². The topological polar surface area (TPSA) is 105 Å². The summed E-state index contributed by atoms with van der Waals surface area (Å²) in [5.74, 6) is -1.03. The van der Waals surface area contributed by atoms with Gasteiger partial charge in [0.2, 0.25) is 5.91 Å². The number of nitrogens with zero attached hydrogens (tertiary/aromatic N) is 1. The van der Waals surface area contributed by atoms with Crippen LogP contribution in [0.1, 0.15) is 37.5 Å². The highest BCUT2D eigenvalue weighted by Crippen LogP contribution is 2.26. The second-order valence-electron chi connectivity index (χ2n) is 9.05. The Morgan fingerprint density at radius 2 is 1.73 bits per heavy atom. The number of carbonyl (C=O) groups is 3. The number of hydrogen-bond acceptors (Lipinski definition) is 5. The molecule has 0 aliphatic carbocycles. The monoisotopic (exact) mass is 454 g/mol. The fraction of sp³-hybridized carbons (Fsp3) is 0.400. The molecule has 0 fully saturated rings. The lowest BCUT2D eigenvalue weighted by molar-refractivity contribution is -0.142. The third-order valence-corrected chi connectivity index (χ3v) is 5.39. The summed E-state index contributed by atoms with van der Waals surface area (Å²) in [5, 5.41) is 12.3. The Morgan fingerprint density at radius 3 is 2.30 bits per heavy atom. The number of rotatable bonds is 6. The summed E-state index contributed by atoms with van der Waals surface area (Å²) in [6.45, 7) is 5.48. The van der Waals surface area contributed by atoms with E-state index in [-0.39, 0.29) is 19.4 Å². The number of carboxylic acid groups (broad SMARTS) is 1. The van der Waals surface area contributed by atoms with Crippen LogP contribution in [0.4, 0.5) is 4.79 Å². The average Bonchev–Trinajstić information content (AvgIpc) is 2.76. The van der Waals surface area contributed by atoms with Crippen molar-refractivity contribution in [3.05, 3.63) is 65.2 Å². The number of aliphatic carboxylic acids is 1. The molecule has 2 amide bonds. The van der Waals surface area contributed by atoms with E-state index in [2.05, 4.69) is 5.32 Å². The van der Waals surface area contributed by atoms with Gasteiger partial charge in [-0.1, -0.05) is 36.4 Å². The second-order valence-corrected chi connectivity index (χ2v) is 9.05. The highest BCUT2D eigenvalue weighted by molar-refractivity contribution is 5.90. The van der Waals surface area contributed by atoms with Gasteiger partial charge < -0.3 is 19.9 Å². The lowest BCUT2D eigenvalue weighted by Crippen LogP contribution is -2.56. The molecule has 0 spiro atoms. The Balaban J connectivity index is 1.80. The first-order valence-corrected chi connectivity index (χ1v) is 10.8. The number of hydrogen-bond donors (Lipinski definition) is 2. The van der Waals surface area contributed by atoms with Crippen molar-refractivity contribution in [2.45, 2.75) is 57.8 Å². The van der Waals surface area contributed by atoms with Crippen LogP contribution < -0.4 is 10.1 Å². The van der Waals surface area contributed by atoms with Crippen LogP contribution in [0.3, 0.4) is 0 Å². The van der Waals surface area contributed by atoms with Gasteiger partial charge in [-0.2, -0.15) is 0 Å². The molecule has 0 saturated heterocycles. The molecule has 8 heteroatoms. The maximum atomic E-state index is 13.2. The number of benzene rings is 2. The molecule has 1 aliphatic rings. The van der Waals surface area contributed by atoms with Gasteiger partial charge in [0.1, 0.15) is 23.4 Å². The van der Waals surface area contributed by atoms with Crippen LogP contribution in [0.2, 0.25) is 0 Å². The van der Waals surface area contributed by atoms with Crippen LogP contribution in [-0.2, 0) is 33.7 Å². The van der Waals surface area contributed by atoms with Crippen molar-refractivity contribution in [2.24, 2.45) is 0 Å². The van der Waals surface area contributed by atoms with Gasteiger partial charge in [-0.3, -0.25) is 9.69 Å². The summed E-state index contributed by atoms with van der Waals surface area (Å²) in [4.78, 5) is 39.4. The minimum absolute atomic E-state index is 0.0980. The van der Waals surface area contributed by atoms with Crippen molar-refractivity contribution in [1.82, 2.24) is 10.2 Å². The molecular formula is C25H30N2O6. The molecular weight excluding hydrogens is 424 g/mol. The van der Waals surface area contributed by atoms with Crippen molar-refractivity contribution in [1.29, 1.82) is 0 Å². The van der Waals surface area contributed by atoms with E-state index < -0.39 is 35.7 Å². The van der Waals surface area contributed by atoms with Crippen LogP contribution in [0.25, 0.3) is 0 Å². The highest BCUT2D eigenvalue weighted by atomic mass is 16.6. The minimum atomic E-state index is -1.15. The molecule has 1 heterocycles. The van der Waals surface area contributed by atoms with Gasteiger partial charge in [-0.25, -0.2) is 9.59 Å². The van der Waals surface area contributed by atoms with Crippen LogP contribution in [-0.4, -0.2) is 52.8 Å². The number of carboxylic acids is 1. The molecule has 0 saturated carbocycles. The summed E-state index contributed by atoms with van der Waals surface area (Å²) in [5.41, 5.74) is 1.88. The Hall–Kier alpha value is -3.55. The Kier molecular flexibility index (Phi) is 7.26. The highest BCUT2D eigenvalue weighted by Gasteiger charge is 2.38. The second kappa shape index (κ2) is 9.94. The Morgan fingerprint density at radius 1 is 1.09 bits per heavy atom. The van der Waals surface area contributed by atoms with Crippen LogP contribution in [0, 0.1) is 0 Å². The zero-order chi connectivity index (χ0) is 24.2. The Bertz CT molecular complexity index is 1010. The van der Waals surface area contributed by atoms with Gasteiger partial charge in [-0.05, 0) is 49.6 Å². The molecule has 0 radical (unpaired) electrons. The maximum absolute atomic E-state index is 13.2. The van der Waals surface area contributed by atoms with E-state index in [4.69, 9.17) is 9.47 Å². The lowest BCUT2D eigenvalue weighted by Gasteiger charge is -2.37. The van der Waals surface area contributed by atoms with Gasteiger partial charge in [-0.15, -0.1) is 0 Å². The first kappa shape index (κ1) is 24.1.